The van der Waals surface area contributed by atoms with E-state index >= 15 is 0 Å². The van der Waals surface area contributed by atoms with Gasteiger partial charge in [-0.3, -0.25) is 9.59 Å². The Morgan fingerprint density at radius 3 is 2.39 bits per heavy atom. The van der Waals surface area contributed by atoms with Crippen LogP contribution in [0.2, 0.25) is 0 Å². The fourth-order valence-electron chi connectivity index (χ4n) is 4.05. The summed E-state index contributed by atoms with van der Waals surface area (Å²) in [5, 5.41) is 5.43. The fourth-order valence-corrected chi connectivity index (χ4v) is 4.05. The number of nitrogens with zero attached hydrogens (tertiary/aromatic N) is 1. The summed E-state index contributed by atoms with van der Waals surface area (Å²) in [4.78, 5) is 27.4. The van der Waals surface area contributed by atoms with Gasteiger partial charge in [0.1, 0.15) is 17.3 Å². The van der Waals surface area contributed by atoms with E-state index in [1.807, 2.05) is 0 Å². The molecule has 0 bridgehead atoms. The average molecular weight is 494 g/mol. The Morgan fingerprint density at radius 2 is 1.64 bits per heavy atom. The highest BCUT2D eigenvalue weighted by Crippen LogP contribution is 2.33. The maximum Gasteiger partial charge on any atom is 0.262 e. The van der Waals surface area contributed by atoms with E-state index < -0.39 is 17.6 Å². The zero-order valence-electron chi connectivity index (χ0n) is 20.2. The van der Waals surface area contributed by atoms with Crippen LogP contribution in [0.15, 0.2) is 60.7 Å². The molecule has 1 aliphatic heterocycles. The van der Waals surface area contributed by atoms with Crippen LogP contribution in [-0.2, 0) is 4.79 Å². The summed E-state index contributed by atoms with van der Waals surface area (Å²) < 4.78 is 30.8. The number of hydrogen-bond donors (Lipinski definition) is 2. The lowest BCUT2D eigenvalue weighted by Crippen LogP contribution is -2.22. The number of halogens is 1. The third-order valence-electron chi connectivity index (χ3n) is 5.84. The van der Waals surface area contributed by atoms with Gasteiger partial charge in [0.2, 0.25) is 0 Å². The SMILES string of the molecule is COc1ccccc1NC(=O)COc1ccc(C(=O)Nc2c(F)cccc2N2CCCC2)cc1OC. The second-order valence-electron chi connectivity index (χ2n) is 8.19. The maximum absolute atomic E-state index is 14.6. The van der Waals surface area contributed by atoms with Crippen molar-refractivity contribution < 1.29 is 28.2 Å². The first-order chi connectivity index (χ1) is 17.5. The van der Waals surface area contributed by atoms with Crippen molar-refractivity contribution >= 4 is 28.9 Å². The largest absolute Gasteiger partial charge is 0.495 e. The highest BCUT2D eigenvalue weighted by Gasteiger charge is 2.21. The molecule has 0 spiro atoms. The van der Waals surface area contributed by atoms with Gasteiger partial charge in [0, 0.05) is 18.7 Å². The fraction of sp³-hybridized carbons (Fsp3) is 0.259. The van der Waals surface area contributed by atoms with Crippen molar-refractivity contribution in [1.29, 1.82) is 0 Å². The second-order valence-corrected chi connectivity index (χ2v) is 8.19. The number of ether oxygens (including phenoxy) is 3. The molecule has 36 heavy (non-hydrogen) atoms. The lowest BCUT2D eigenvalue weighted by molar-refractivity contribution is -0.118. The van der Waals surface area contributed by atoms with E-state index in [1.54, 1.807) is 36.4 Å². The summed E-state index contributed by atoms with van der Waals surface area (Å²) in [5.41, 5.74) is 1.59. The molecule has 0 saturated carbocycles. The van der Waals surface area contributed by atoms with Crippen LogP contribution >= 0.6 is 0 Å². The van der Waals surface area contributed by atoms with Gasteiger partial charge in [0.05, 0.1) is 25.6 Å². The topological polar surface area (TPSA) is 89.1 Å². The molecular formula is C27H28FN3O5. The molecule has 8 nitrogen and oxygen atoms in total. The Labute approximate surface area is 209 Å². The molecule has 3 aromatic rings. The highest BCUT2D eigenvalue weighted by molar-refractivity contribution is 6.06. The van der Waals surface area contributed by atoms with Crippen LogP contribution in [0.25, 0.3) is 0 Å². The number of benzene rings is 3. The summed E-state index contributed by atoms with van der Waals surface area (Å²) >= 11 is 0. The van der Waals surface area contributed by atoms with Gasteiger partial charge < -0.3 is 29.7 Å². The van der Waals surface area contributed by atoms with Crippen molar-refractivity contribution in [3.63, 3.8) is 0 Å². The Morgan fingerprint density at radius 1 is 0.889 bits per heavy atom. The summed E-state index contributed by atoms with van der Waals surface area (Å²) in [5.74, 6) is -0.298. The zero-order chi connectivity index (χ0) is 25.5. The Kier molecular flexibility index (Phi) is 7.89. The van der Waals surface area contributed by atoms with Gasteiger partial charge >= 0.3 is 0 Å². The van der Waals surface area contributed by atoms with Crippen molar-refractivity contribution in [3.05, 3.63) is 72.0 Å². The van der Waals surface area contributed by atoms with E-state index in [-0.39, 0.29) is 29.4 Å². The van der Waals surface area contributed by atoms with Crippen molar-refractivity contribution in [2.75, 3.05) is 49.4 Å². The van der Waals surface area contributed by atoms with Crippen LogP contribution in [0.5, 0.6) is 17.2 Å². The van der Waals surface area contributed by atoms with Crippen LogP contribution in [0.1, 0.15) is 23.2 Å². The van der Waals surface area contributed by atoms with E-state index in [0.717, 1.165) is 25.9 Å². The molecule has 9 heteroatoms. The van der Waals surface area contributed by atoms with E-state index in [0.29, 0.717) is 17.1 Å². The molecule has 4 rings (SSSR count). The Balaban J connectivity index is 1.44. The second kappa shape index (κ2) is 11.4. The van der Waals surface area contributed by atoms with Gasteiger partial charge in [0.25, 0.3) is 11.8 Å². The van der Waals surface area contributed by atoms with Crippen molar-refractivity contribution in [3.8, 4) is 17.2 Å². The molecule has 0 radical (unpaired) electrons. The van der Waals surface area contributed by atoms with Gasteiger partial charge in [-0.1, -0.05) is 18.2 Å². The van der Waals surface area contributed by atoms with E-state index in [2.05, 4.69) is 15.5 Å². The molecule has 1 fully saturated rings. The number of nitrogens with one attached hydrogen (secondary N) is 2. The summed E-state index contributed by atoms with van der Waals surface area (Å²) in [6.45, 7) is 1.35. The van der Waals surface area contributed by atoms with Crippen molar-refractivity contribution in [1.82, 2.24) is 0 Å². The molecule has 188 valence electrons. The molecule has 1 aliphatic rings. The van der Waals surface area contributed by atoms with Crippen molar-refractivity contribution in [2.24, 2.45) is 0 Å². The molecule has 3 aromatic carbocycles. The first-order valence-electron chi connectivity index (χ1n) is 11.6. The van der Waals surface area contributed by atoms with Gasteiger partial charge in [-0.2, -0.15) is 0 Å². The van der Waals surface area contributed by atoms with E-state index in [9.17, 15) is 14.0 Å². The predicted molar refractivity (Wildman–Crippen MR) is 136 cm³/mol. The Bertz CT molecular complexity index is 1240. The number of rotatable bonds is 9. The zero-order valence-corrected chi connectivity index (χ0v) is 20.2. The standard InChI is InChI=1S/C27H28FN3O5/c1-34-22-11-4-3-9-20(22)29-25(32)17-36-23-13-12-18(16-24(23)35-2)27(33)30-26-19(28)8-7-10-21(26)31-14-5-6-15-31/h3-4,7-13,16H,5-6,14-15,17H2,1-2H3,(H,29,32)(H,30,33). The number of para-hydroxylation sites is 3. The third-order valence-corrected chi connectivity index (χ3v) is 5.84. The van der Waals surface area contributed by atoms with Gasteiger partial charge in [-0.15, -0.1) is 0 Å². The van der Waals surface area contributed by atoms with Gasteiger partial charge in [-0.25, -0.2) is 4.39 Å². The van der Waals surface area contributed by atoms with Crippen LogP contribution in [0.4, 0.5) is 21.5 Å². The smallest absolute Gasteiger partial charge is 0.262 e. The lowest BCUT2D eigenvalue weighted by atomic mass is 10.1. The minimum Gasteiger partial charge on any atom is -0.495 e. The van der Waals surface area contributed by atoms with Crippen molar-refractivity contribution in [2.45, 2.75) is 12.8 Å². The molecule has 0 aromatic heterocycles. The first-order valence-corrected chi connectivity index (χ1v) is 11.6. The minimum absolute atomic E-state index is 0.150. The van der Waals surface area contributed by atoms with Gasteiger partial charge in [0.15, 0.2) is 18.1 Å². The van der Waals surface area contributed by atoms with Crippen LogP contribution in [0.3, 0.4) is 0 Å². The number of amides is 2. The third kappa shape index (κ3) is 5.68. The molecule has 0 aliphatic carbocycles. The van der Waals surface area contributed by atoms with Crippen LogP contribution in [-0.4, -0.2) is 45.7 Å². The number of carbonyl (C=O) groups excluding carboxylic acids is 2. The quantitative estimate of drug-likeness (QED) is 0.449. The van der Waals surface area contributed by atoms with Crippen LogP contribution < -0.4 is 29.7 Å². The minimum atomic E-state index is -0.499. The first kappa shape index (κ1) is 24.8. The molecule has 2 N–H and O–H groups in total. The predicted octanol–water partition coefficient (Wildman–Crippen LogP) is 4.71. The molecule has 0 atom stereocenters. The molecular weight excluding hydrogens is 465 g/mol. The summed E-state index contributed by atoms with van der Waals surface area (Å²) in [7, 11) is 2.95. The van der Waals surface area contributed by atoms with E-state index in [1.165, 1.54) is 38.5 Å². The summed E-state index contributed by atoms with van der Waals surface area (Å²) in [6, 6.07) is 16.3. The molecule has 1 heterocycles. The normalized spacial score (nSPS) is 12.7. The average Bonchev–Trinajstić information content (AvgIpc) is 3.43. The number of methoxy groups -OCH3 is 2. The highest BCUT2D eigenvalue weighted by atomic mass is 19.1. The maximum atomic E-state index is 14.6. The molecule has 2 amide bonds. The van der Waals surface area contributed by atoms with E-state index in [4.69, 9.17) is 14.2 Å². The molecule has 1 saturated heterocycles. The number of hydrogen-bond acceptors (Lipinski definition) is 6. The number of carbonyl (C=O) groups is 2. The summed E-state index contributed by atoms with van der Waals surface area (Å²) in [6.07, 6.45) is 2.05. The number of anilines is 3. The van der Waals surface area contributed by atoms with Gasteiger partial charge in [-0.05, 0) is 55.3 Å². The monoisotopic (exact) mass is 493 g/mol. The Hall–Kier alpha value is -4.27. The molecule has 0 unspecified atom stereocenters. The van der Waals surface area contributed by atoms with Crippen LogP contribution in [0, 0.1) is 5.82 Å². The lowest BCUT2D eigenvalue weighted by Gasteiger charge is -2.22.